The molecule has 0 atom stereocenters. The molecule has 0 radical (unpaired) electrons. The molecular formula is C14H15FN2. The van der Waals surface area contributed by atoms with E-state index in [9.17, 15) is 4.39 Å². The van der Waals surface area contributed by atoms with E-state index in [0.29, 0.717) is 11.4 Å². The standard InChI is InChI=1S/C14H15FN2/c1-9-3-4-13(5-10(9)2)17-14-7-11(15)6-12(16)8-14/h3-8,17H,16H2,1-2H3. The van der Waals surface area contributed by atoms with E-state index in [1.54, 1.807) is 6.07 Å². The van der Waals surface area contributed by atoms with Crippen LogP contribution in [0.5, 0.6) is 0 Å². The molecule has 0 aromatic heterocycles. The number of hydrogen-bond acceptors (Lipinski definition) is 2. The van der Waals surface area contributed by atoms with Crippen molar-refractivity contribution in [2.24, 2.45) is 0 Å². The number of hydrogen-bond donors (Lipinski definition) is 2. The van der Waals surface area contributed by atoms with Crippen LogP contribution < -0.4 is 11.1 Å². The average molecular weight is 230 g/mol. The number of halogens is 1. The molecule has 0 spiro atoms. The molecule has 3 heteroatoms. The van der Waals surface area contributed by atoms with E-state index in [4.69, 9.17) is 5.73 Å². The van der Waals surface area contributed by atoms with Crippen molar-refractivity contribution >= 4 is 17.1 Å². The molecule has 17 heavy (non-hydrogen) atoms. The van der Waals surface area contributed by atoms with Gasteiger partial charge in [0.2, 0.25) is 0 Å². The lowest BCUT2D eigenvalue weighted by molar-refractivity contribution is 0.629. The van der Waals surface area contributed by atoms with Crippen LogP contribution in [0, 0.1) is 19.7 Å². The van der Waals surface area contributed by atoms with Crippen LogP contribution in [-0.4, -0.2) is 0 Å². The van der Waals surface area contributed by atoms with Crippen molar-refractivity contribution in [1.82, 2.24) is 0 Å². The Morgan fingerprint density at radius 1 is 0.941 bits per heavy atom. The van der Waals surface area contributed by atoms with Crippen molar-refractivity contribution in [1.29, 1.82) is 0 Å². The number of nitrogens with one attached hydrogen (secondary N) is 1. The summed E-state index contributed by atoms with van der Waals surface area (Å²) in [6.45, 7) is 4.10. The highest BCUT2D eigenvalue weighted by molar-refractivity contribution is 5.64. The molecule has 3 N–H and O–H groups in total. The molecule has 0 amide bonds. The lowest BCUT2D eigenvalue weighted by Crippen LogP contribution is -1.95. The van der Waals surface area contributed by atoms with Gasteiger partial charge in [-0.25, -0.2) is 4.39 Å². The van der Waals surface area contributed by atoms with Crippen LogP contribution in [0.15, 0.2) is 36.4 Å². The lowest BCUT2D eigenvalue weighted by atomic mass is 10.1. The number of benzene rings is 2. The number of rotatable bonds is 2. The quantitative estimate of drug-likeness (QED) is 0.771. The molecule has 0 aliphatic rings. The molecule has 0 saturated carbocycles. The smallest absolute Gasteiger partial charge is 0.127 e. The Labute approximate surface area is 100 Å². The fourth-order valence-electron chi connectivity index (χ4n) is 1.67. The number of nitrogen functional groups attached to an aromatic ring is 1. The largest absolute Gasteiger partial charge is 0.399 e. The zero-order valence-electron chi connectivity index (χ0n) is 9.92. The predicted octanol–water partition coefficient (Wildman–Crippen LogP) is 3.77. The highest BCUT2D eigenvalue weighted by atomic mass is 19.1. The Morgan fingerprint density at radius 2 is 1.71 bits per heavy atom. The Kier molecular flexibility index (Phi) is 3.00. The third kappa shape index (κ3) is 2.75. The summed E-state index contributed by atoms with van der Waals surface area (Å²) in [6, 6.07) is 10.4. The van der Waals surface area contributed by atoms with E-state index in [1.165, 1.54) is 23.3 Å². The molecule has 0 aliphatic heterocycles. The van der Waals surface area contributed by atoms with E-state index in [2.05, 4.69) is 12.2 Å². The monoisotopic (exact) mass is 230 g/mol. The van der Waals surface area contributed by atoms with Crippen LogP contribution in [0.2, 0.25) is 0 Å². The maximum atomic E-state index is 13.2. The lowest BCUT2D eigenvalue weighted by Gasteiger charge is -2.09. The fourth-order valence-corrected chi connectivity index (χ4v) is 1.67. The SMILES string of the molecule is Cc1ccc(Nc2cc(N)cc(F)c2)cc1C. The summed E-state index contributed by atoms with van der Waals surface area (Å²) in [7, 11) is 0. The Balaban J connectivity index is 2.28. The first-order chi connectivity index (χ1) is 8.04. The van der Waals surface area contributed by atoms with Gasteiger partial charge in [0.1, 0.15) is 5.82 Å². The molecule has 2 rings (SSSR count). The molecule has 0 fully saturated rings. The molecule has 2 nitrogen and oxygen atoms in total. The van der Waals surface area contributed by atoms with Crippen molar-refractivity contribution in [2.75, 3.05) is 11.1 Å². The summed E-state index contributed by atoms with van der Waals surface area (Å²) in [6.07, 6.45) is 0. The van der Waals surface area contributed by atoms with Crippen molar-refractivity contribution in [3.8, 4) is 0 Å². The zero-order chi connectivity index (χ0) is 12.4. The Morgan fingerprint density at radius 3 is 2.35 bits per heavy atom. The summed E-state index contributed by atoms with van der Waals surface area (Å²) in [5.74, 6) is -0.337. The van der Waals surface area contributed by atoms with Crippen molar-refractivity contribution in [3.63, 3.8) is 0 Å². The van der Waals surface area contributed by atoms with Gasteiger partial charge >= 0.3 is 0 Å². The summed E-state index contributed by atoms with van der Waals surface area (Å²) in [5.41, 5.74) is 10.0. The number of nitrogens with two attached hydrogens (primary N) is 1. The summed E-state index contributed by atoms with van der Waals surface area (Å²) < 4.78 is 13.2. The molecule has 0 bridgehead atoms. The van der Waals surface area contributed by atoms with E-state index in [-0.39, 0.29) is 5.82 Å². The van der Waals surface area contributed by atoms with E-state index >= 15 is 0 Å². The minimum atomic E-state index is -0.337. The number of aryl methyl sites for hydroxylation is 2. The molecule has 2 aromatic rings. The van der Waals surface area contributed by atoms with Gasteiger partial charge in [-0.05, 0) is 55.3 Å². The Bertz CT molecular complexity index is 530. The van der Waals surface area contributed by atoms with Crippen LogP contribution in [0.4, 0.5) is 21.5 Å². The second-order valence-corrected chi connectivity index (χ2v) is 4.20. The molecule has 0 aliphatic carbocycles. The average Bonchev–Trinajstić information content (AvgIpc) is 2.22. The van der Waals surface area contributed by atoms with Gasteiger partial charge in [-0.1, -0.05) is 6.07 Å². The highest BCUT2D eigenvalue weighted by Crippen LogP contribution is 2.22. The molecular weight excluding hydrogens is 215 g/mol. The minimum absolute atomic E-state index is 0.337. The maximum Gasteiger partial charge on any atom is 0.127 e. The molecule has 0 unspecified atom stereocenters. The first-order valence-corrected chi connectivity index (χ1v) is 5.45. The van der Waals surface area contributed by atoms with Crippen molar-refractivity contribution in [2.45, 2.75) is 13.8 Å². The highest BCUT2D eigenvalue weighted by Gasteiger charge is 2.00. The van der Waals surface area contributed by atoms with Crippen molar-refractivity contribution < 1.29 is 4.39 Å². The second-order valence-electron chi connectivity index (χ2n) is 4.20. The maximum absolute atomic E-state index is 13.2. The van der Waals surface area contributed by atoms with Gasteiger partial charge < -0.3 is 11.1 Å². The summed E-state index contributed by atoms with van der Waals surface area (Å²) in [4.78, 5) is 0. The van der Waals surface area contributed by atoms with Gasteiger partial charge in [0.25, 0.3) is 0 Å². The van der Waals surface area contributed by atoms with Crippen LogP contribution >= 0.6 is 0 Å². The number of anilines is 3. The fraction of sp³-hybridized carbons (Fsp3) is 0.143. The topological polar surface area (TPSA) is 38.0 Å². The second kappa shape index (κ2) is 4.45. The van der Waals surface area contributed by atoms with Crippen molar-refractivity contribution in [3.05, 3.63) is 53.3 Å². The molecule has 0 saturated heterocycles. The normalized spacial score (nSPS) is 10.3. The van der Waals surface area contributed by atoms with Crippen LogP contribution in [0.25, 0.3) is 0 Å². The van der Waals surface area contributed by atoms with Crippen LogP contribution in [0.3, 0.4) is 0 Å². The minimum Gasteiger partial charge on any atom is -0.399 e. The van der Waals surface area contributed by atoms with E-state index < -0.39 is 0 Å². The van der Waals surface area contributed by atoms with Gasteiger partial charge in [0.15, 0.2) is 0 Å². The first-order valence-electron chi connectivity index (χ1n) is 5.45. The van der Waals surface area contributed by atoms with Gasteiger partial charge in [0.05, 0.1) is 0 Å². The third-order valence-electron chi connectivity index (χ3n) is 2.72. The van der Waals surface area contributed by atoms with Crippen LogP contribution in [-0.2, 0) is 0 Å². The summed E-state index contributed by atoms with van der Waals surface area (Å²) in [5, 5.41) is 3.13. The molecule has 88 valence electrons. The predicted molar refractivity (Wildman–Crippen MR) is 70.0 cm³/mol. The van der Waals surface area contributed by atoms with Crippen LogP contribution in [0.1, 0.15) is 11.1 Å². The summed E-state index contributed by atoms with van der Waals surface area (Å²) >= 11 is 0. The first kappa shape index (κ1) is 11.5. The Hall–Kier alpha value is -2.03. The van der Waals surface area contributed by atoms with E-state index in [0.717, 1.165) is 5.69 Å². The third-order valence-corrected chi connectivity index (χ3v) is 2.72. The van der Waals surface area contributed by atoms with E-state index in [1.807, 2.05) is 25.1 Å². The van der Waals surface area contributed by atoms with Gasteiger partial charge in [0, 0.05) is 17.1 Å². The van der Waals surface area contributed by atoms with Gasteiger partial charge in [-0.3, -0.25) is 0 Å². The molecule has 2 aromatic carbocycles. The van der Waals surface area contributed by atoms with Gasteiger partial charge in [-0.15, -0.1) is 0 Å². The van der Waals surface area contributed by atoms with Gasteiger partial charge in [-0.2, -0.15) is 0 Å². The zero-order valence-corrected chi connectivity index (χ0v) is 9.92. The molecule has 0 heterocycles.